The minimum Gasteiger partial charge on any atom is -0.433 e. The highest BCUT2D eigenvalue weighted by Crippen LogP contribution is 2.26. The van der Waals surface area contributed by atoms with Crippen molar-refractivity contribution in [3.63, 3.8) is 0 Å². The summed E-state index contributed by atoms with van der Waals surface area (Å²) in [6.07, 6.45) is 0. The van der Waals surface area contributed by atoms with Gasteiger partial charge in [-0.1, -0.05) is 6.92 Å². The summed E-state index contributed by atoms with van der Waals surface area (Å²) >= 11 is 1.07. The average Bonchev–Trinajstić information content (AvgIpc) is 2.73. The number of alkyl halides is 2. The first-order valence-corrected chi connectivity index (χ1v) is 6.46. The molecule has 110 valence electrons. The lowest BCUT2D eigenvalue weighted by Crippen LogP contribution is -2.38. The van der Waals surface area contributed by atoms with E-state index in [0.717, 1.165) is 17.9 Å². The van der Waals surface area contributed by atoms with E-state index in [9.17, 15) is 13.6 Å². The van der Waals surface area contributed by atoms with E-state index in [-0.39, 0.29) is 29.1 Å². The van der Waals surface area contributed by atoms with Gasteiger partial charge in [0, 0.05) is 12.6 Å². The molecule has 1 aromatic heterocycles. The quantitative estimate of drug-likeness (QED) is 0.813. The third-order valence-electron chi connectivity index (χ3n) is 2.17. The first-order chi connectivity index (χ1) is 8.54. The van der Waals surface area contributed by atoms with E-state index in [4.69, 9.17) is 0 Å². The molecule has 0 saturated heterocycles. The predicted molar refractivity (Wildman–Crippen MR) is 73.7 cm³/mol. The lowest BCUT2D eigenvalue weighted by Gasteiger charge is -2.13. The zero-order chi connectivity index (χ0) is 13.5. The highest BCUT2D eigenvalue weighted by Gasteiger charge is 2.17. The molecule has 0 fully saturated rings. The third kappa shape index (κ3) is 6.17. The summed E-state index contributed by atoms with van der Waals surface area (Å²) in [5.41, 5.74) is 0. The Hall–Kier alpha value is -0.920. The lowest BCUT2D eigenvalue weighted by molar-refractivity contribution is -0.0498. The van der Waals surface area contributed by atoms with Gasteiger partial charge >= 0.3 is 6.61 Å². The number of carbonyl (C=O) groups is 1. The van der Waals surface area contributed by atoms with Gasteiger partial charge in [0.15, 0.2) is 0 Å². The second kappa shape index (κ2) is 9.06. The van der Waals surface area contributed by atoms with Crippen molar-refractivity contribution in [3.8, 4) is 5.75 Å². The van der Waals surface area contributed by atoms with Crippen LogP contribution in [0.15, 0.2) is 11.4 Å². The van der Waals surface area contributed by atoms with Crippen LogP contribution in [-0.4, -0.2) is 31.7 Å². The van der Waals surface area contributed by atoms with Crippen molar-refractivity contribution in [2.24, 2.45) is 0 Å². The van der Waals surface area contributed by atoms with E-state index < -0.39 is 12.5 Å². The fourth-order valence-electron chi connectivity index (χ4n) is 1.40. The highest BCUT2D eigenvalue weighted by atomic mass is 35.5. The van der Waals surface area contributed by atoms with Crippen molar-refractivity contribution >= 4 is 29.7 Å². The van der Waals surface area contributed by atoms with Gasteiger partial charge in [-0.25, -0.2) is 0 Å². The average molecular weight is 315 g/mol. The van der Waals surface area contributed by atoms with Gasteiger partial charge in [0.2, 0.25) is 0 Å². The van der Waals surface area contributed by atoms with Gasteiger partial charge in [-0.3, -0.25) is 4.79 Å². The van der Waals surface area contributed by atoms with Crippen LogP contribution in [0.5, 0.6) is 5.75 Å². The van der Waals surface area contributed by atoms with Crippen molar-refractivity contribution in [1.29, 1.82) is 0 Å². The minimum absolute atomic E-state index is 0. The molecule has 0 aliphatic rings. The van der Waals surface area contributed by atoms with Crippen LogP contribution in [0.2, 0.25) is 0 Å². The summed E-state index contributed by atoms with van der Waals surface area (Å²) in [5.74, 6) is -0.478. The Labute approximate surface area is 120 Å². The second-order valence-corrected chi connectivity index (χ2v) is 4.58. The number of ether oxygens (including phenoxy) is 1. The SMILES string of the molecule is CCN[C@H](C)CNC(=O)c1sccc1OC(F)F.Cl. The molecule has 4 nitrogen and oxygen atoms in total. The van der Waals surface area contributed by atoms with Crippen LogP contribution in [-0.2, 0) is 0 Å². The zero-order valence-electron chi connectivity index (χ0n) is 10.6. The maximum Gasteiger partial charge on any atom is 0.387 e. The molecule has 0 aliphatic carbocycles. The standard InChI is InChI=1S/C11H16F2N2O2S.ClH/c1-3-14-7(2)6-15-10(16)9-8(4-5-18-9)17-11(12)13;/h4-5,7,11,14H,3,6H2,1-2H3,(H,15,16);1H/t7-;/m1./s1. The van der Waals surface area contributed by atoms with E-state index in [0.29, 0.717) is 6.54 Å². The molecule has 0 saturated carbocycles. The van der Waals surface area contributed by atoms with Crippen LogP contribution in [0.3, 0.4) is 0 Å². The molecule has 0 spiro atoms. The Morgan fingerprint density at radius 1 is 1.53 bits per heavy atom. The lowest BCUT2D eigenvalue weighted by atomic mass is 10.3. The normalized spacial score (nSPS) is 11.8. The maximum absolute atomic E-state index is 12.1. The molecule has 0 aromatic carbocycles. The topological polar surface area (TPSA) is 50.4 Å². The van der Waals surface area contributed by atoms with Gasteiger partial charge < -0.3 is 15.4 Å². The summed E-state index contributed by atoms with van der Waals surface area (Å²) in [4.78, 5) is 11.9. The molecule has 8 heteroatoms. The molecule has 1 amide bonds. The third-order valence-corrected chi connectivity index (χ3v) is 3.07. The number of hydrogen-bond donors (Lipinski definition) is 2. The number of rotatable bonds is 7. The van der Waals surface area contributed by atoms with Crippen molar-refractivity contribution in [2.75, 3.05) is 13.1 Å². The molecule has 1 heterocycles. The Morgan fingerprint density at radius 2 is 2.21 bits per heavy atom. The maximum atomic E-state index is 12.1. The van der Waals surface area contributed by atoms with Crippen LogP contribution in [0.1, 0.15) is 23.5 Å². The number of amides is 1. The van der Waals surface area contributed by atoms with Crippen LogP contribution in [0.25, 0.3) is 0 Å². The molecule has 0 radical (unpaired) electrons. The van der Waals surface area contributed by atoms with Crippen molar-refractivity contribution < 1.29 is 18.3 Å². The van der Waals surface area contributed by atoms with Gasteiger partial charge in [-0.2, -0.15) is 8.78 Å². The summed E-state index contributed by atoms with van der Waals surface area (Å²) in [5, 5.41) is 7.34. The van der Waals surface area contributed by atoms with Gasteiger partial charge in [-0.15, -0.1) is 23.7 Å². The molecule has 2 N–H and O–H groups in total. The van der Waals surface area contributed by atoms with Crippen LogP contribution >= 0.6 is 23.7 Å². The van der Waals surface area contributed by atoms with Crippen molar-refractivity contribution in [3.05, 3.63) is 16.3 Å². The van der Waals surface area contributed by atoms with Gasteiger partial charge in [0.05, 0.1) is 0 Å². The smallest absolute Gasteiger partial charge is 0.387 e. The second-order valence-electron chi connectivity index (χ2n) is 3.66. The molecule has 1 atom stereocenters. The number of hydrogen-bond acceptors (Lipinski definition) is 4. The Balaban J connectivity index is 0.00000324. The molecule has 1 rings (SSSR count). The van der Waals surface area contributed by atoms with Crippen molar-refractivity contribution in [1.82, 2.24) is 10.6 Å². The largest absolute Gasteiger partial charge is 0.433 e. The van der Waals surface area contributed by atoms with E-state index in [1.807, 2.05) is 13.8 Å². The van der Waals surface area contributed by atoms with Gasteiger partial charge in [0.1, 0.15) is 10.6 Å². The Bertz CT molecular complexity index is 391. The fourth-order valence-corrected chi connectivity index (χ4v) is 2.14. The first-order valence-electron chi connectivity index (χ1n) is 5.58. The molecule has 0 unspecified atom stereocenters. The van der Waals surface area contributed by atoms with Gasteiger partial charge in [0.25, 0.3) is 5.91 Å². The van der Waals surface area contributed by atoms with E-state index in [1.165, 1.54) is 6.07 Å². The van der Waals surface area contributed by atoms with E-state index in [2.05, 4.69) is 15.4 Å². The van der Waals surface area contributed by atoms with Crippen LogP contribution in [0.4, 0.5) is 8.78 Å². The van der Waals surface area contributed by atoms with E-state index >= 15 is 0 Å². The number of carbonyl (C=O) groups excluding carboxylic acids is 1. The zero-order valence-corrected chi connectivity index (χ0v) is 12.2. The molecular weight excluding hydrogens is 298 g/mol. The van der Waals surface area contributed by atoms with Gasteiger partial charge in [-0.05, 0) is 24.9 Å². The summed E-state index contributed by atoms with van der Waals surface area (Å²) in [7, 11) is 0. The molecule has 19 heavy (non-hydrogen) atoms. The molecule has 1 aromatic rings. The fraction of sp³-hybridized carbons (Fsp3) is 0.545. The number of nitrogens with one attached hydrogen (secondary N) is 2. The summed E-state index contributed by atoms with van der Waals surface area (Å²) in [6, 6.07) is 1.48. The van der Waals surface area contributed by atoms with Crippen LogP contribution < -0.4 is 15.4 Å². The monoisotopic (exact) mass is 314 g/mol. The molecule has 0 aliphatic heterocycles. The van der Waals surface area contributed by atoms with E-state index in [1.54, 1.807) is 5.38 Å². The number of likely N-dealkylation sites (N-methyl/N-ethyl adjacent to an activating group) is 1. The summed E-state index contributed by atoms with van der Waals surface area (Å²) in [6.45, 7) is 2.20. The minimum atomic E-state index is -2.92. The first kappa shape index (κ1) is 18.1. The number of halogens is 3. The Kier molecular flexibility index (Phi) is 8.62. The molecule has 0 bridgehead atoms. The van der Waals surface area contributed by atoms with Crippen molar-refractivity contribution in [2.45, 2.75) is 26.5 Å². The number of thiophene rings is 1. The predicted octanol–water partition coefficient (Wildman–Crippen LogP) is 2.50. The highest BCUT2D eigenvalue weighted by molar-refractivity contribution is 7.12. The molecular formula is C11H17ClF2N2O2S. The summed E-state index contributed by atoms with van der Waals surface area (Å²) < 4.78 is 28.5. The van der Waals surface area contributed by atoms with Crippen LogP contribution in [0, 0.1) is 0 Å². The Morgan fingerprint density at radius 3 is 2.79 bits per heavy atom.